The minimum Gasteiger partial charge on any atom is -0.471 e. The van der Waals surface area contributed by atoms with Gasteiger partial charge < -0.3 is 21.1 Å². The second-order valence-corrected chi connectivity index (χ2v) is 8.83. The number of carbonyl (C=O) groups excluding carboxylic acids is 2. The van der Waals surface area contributed by atoms with Gasteiger partial charge in [0.15, 0.2) is 0 Å². The molecule has 1 aromatic heterocycles. The lowest BCUT2D eigenvalue weighted by Crippen LogP contribution is -2.35. The van der Waals surface area contributed by atoms with Crippen LogP contribution in [0.3, 0.4) is 0 Å². The van der Waals surface area contributed by atoms with Crippen LogP contribution in [0.5, 0.6) is 5.88 Å². The van der Waals surface area contributed by atoms with Crippen LogP contribution in [-0.4, -0.2) is 35.4 Å². The van der Waals surface area contributed by atoms with E-state index in [1.165, 1.54) is 39.0 Å². The molecule has 0 atom stereocenters. The van der Waals surface area contributed by atoms with Crippen LogP contribution < -0.4 is 26.4 Å². The van der Waals surface area contributed by atoms with Gasteiger partial charge in [0.2, 0.25) is 5.88 Å². The molecule has 1 aliphatic carbocycles. The third kappa shape index (κ3) is 7.10. The van der Waals surface area contributed by atoms with Crippen molar-refractivity contribution in [3.63, 3.8) is 0 Å². The standard InChI is InChI=1S/C22H29F2N5O3S/c1-13-10-17(24)14(11-16(13)23)12-32-20-18(19(25)30)21(33-29-20)28-22(31)27-9-5-8-26-15-6-3-2-4-7-15/h10-11,15,26H,2-9,12H2,1H3,(H2,25,30)(H2,27,28,31). The predicted octanol–water partition coefficient (Wildman–Crippen LogP) is 3.84. The average Bonchev–Trinajstić information content (AvgIpc) is 3.18. The van der Waals surface area contributed by atoms with Crippen molar-refractivity contribution >= 4 is 28.5 Å². The maximum Gasteiger partial charge on any atom is 0.319 e. The second kappa shape index (κ2) is 11.9. The summed E-state index contributed by atoms with van der Waals surface area (Å²) in [5, 5.41) is 8.89. The second-order valence-electron chi connectivity index (χ2n) is 8.06. The summed E-state index contributed by atoms with van der Waals surface area (Å²) in [6, 6.07) is 2.14. The van der Waals surface area contributed by atoms with Crippen LogP contribution in [0.2, 0.25) is 0 Å². The van der Waals surface area contributed by atoms with E-state index in [4.69, 9.17) is 10.5 Å². The molecule has 1 aliphatic rings. The number of rotatable bonds is 10. The molecule has 1 heterocycles. The summed E-state index contributed by atoms with van der Waals surface area (Å²) in [6.07, 6.45) is 6.99. The zero-order chi connectivity index (χ0) is 23.8. The maximum absolute atomic E-state index is 14.0. The highest BCUT2D eigenvalue weighted by Crippen LogP contribution is 2.31. The van der Waals surface area contributed by atoms with E-state index in [2.05, 4.69) is 20.3 Å². The highest BCUT2D eigenvalue weighted by Gasteiger charge is 2.22. The minimum atomic E-state index is -0.860. The van der Waals surface area contributed by atoms with E-state index in [1.54, 1.807) is 0 Å². The van der Waals surface area contributed by atoms with Crippen molar-refractivity contribution in [2.45, 2.75) is 58.1 Å². The van der Waals surface area contributed by atoms with Crippen LogP contribution in [0, 0.1) is 18.6 Å². The summed E-state index contributed by atoms with van der Waals surface area (Å²) < 4.78 is 37.1. The molecule has 1 saturated carbocycles. The van der Waals surface area contributed by atoms with Gasteiger partial charge in [-0.1, -0.05) is 19.3 Å². The summed E-state index contributed by atoms with van der Waals surface area (Å²) in [6.45, 7) is 2.36. The van der Waals surface area contributed by atoms with Crippen LogP contribution >= 0.6 is 11.5 Å². The van der Waals surface area contributed by atoms with Gasteiger partial charge in [0, 0.05) is 18.2 Å². The fourth-order valence-corrected chi connectivity index (χ4v) is 4.41. The number of nitrogens with two attached hydrogens (primary N) is 1. The molecule has 180 valence electrons. The number of hydrogen-bond acceptors (Lipinski definition) is 6. The van der Waals surface area contributed by atoms with Crippen LogP contribution in [0.1, 0.15) is 60.0 Å². The Morgan fingerprint density at radius 1 is 1.18 bits per heavy atom. The summed E-state index contributed by atoms with van der Waals surface area (Å²) in [5.41, 5.74) is 5.44. The highest BCUT2D eigenvalue weighted by molar-refractivity contribution is 7.11. The first kappa shape index (κ1) is 24.8. The number of nitrogens with one attached hydrogen (secondary N) is 3. The molecule has 3 amide bonds. The Morgan fingerprint density at radius 3 is 2.67 bits per heavy atom. The van der Waals surface area contributed by atoms with Gasteiger partial charge in [0.05, 0.1) is 0 Å². The first-order valence-corrected chi connectivity index (χ1v) is 11.8. The number of anilines is 1. The van der Waals surface area contributed by atoms with Gasteiger partial charge in [-0.25, -0.2) is 13.6 Å². The fraction of sp³-hybridized carbons (Fsp3) is 0.500. The highest BCUT2D eigenvalue weighted by atomic mass is 32.1. The number of ether oxygens (including phenoxy) is 1. The van der Waals surface area contributed by atoms with Crippen molar-refractivity contribution < 1.29 is 23.1 Å². The average molecular weight is 482 g/mol. The van der Waals surface area contributed by atoms with E-state index >= 15 is 0 Å². The molecule has 0 spiro atoms. The van der Waals surface area contributed by atoms with Gasteiger partial charge in [-0.15, -0.1) is 0 Å². The molecule has 2 aromatic rings. The van der Waals surface area contributed by atoms with Crippen LogP contribution in [0.25, 0.3) is 0 Å². The Morgan fingerprint density at radius 2 is 1.94 bits per heavy atom. The number of urea groups is 1. The van der Waals surface area contributed by atoms with Crippen molar-refractivity contribution in [1.82, 2.24) is 15.0 Å². The Balaban J connectivity index is 1.49. The van der Waals surface area contributed by atoms with Gasteiger partial charge in [-0.2, -0.15) is 4.37 Å². The molecule has 1 fully saturated rings. The zero-order valence-corrected chi connectivity index (χ0v) is 19.3. The van der Waals surface area contributed by atoms with Crippen molar-refractivity contribution in [2.24, 2.45) is 5.73 Å². The Hall–Kier alpha value is -2.79. The van der Waals surface area contributed by atoms with Crippen LogP contribution in [0.15, 0.2) is 12.1 Å². The van der Waals surface area contributed by atoms with Gasteiger partial charge in [-0.3, -0.25) is 10.1 Å². The van der Waals surface area contributed by atoms with E-state index in [1.807, 2.05) is 0 Å². The number of amides is 3. The van der Waals surface area contributed by atoms with Crippen molar-refractivity contribution in [3.05, 3.63) is 40.5 Å². The molecule has 11 heteroatoms. The fourth-order valence-electron chi connectivity index (χ4n) is 3.67. The number of halogens is 2. The monoisotopic (exact) mass is 481 g/mol. The van der Waals surface area contributed by atoms with E-state index < -0.39 is 23.6 Å². The third-order valence-electron chi connectivity index (χ3n) is 5.50. The molecular weight excluding hydrogens is 452 g/mol. The largest absolute Gasteiger partial charge is 0.471 e. The lowest BCUT2D eigenvalue weighted by Gasteiger charge is -2.22. The smallest absolute Gasteiger partial charge is 0.319 e. The van der Waals surface area contributed by atoms with Gasteiger partial charge in [0.25, 0.3) is 5.91 Å². The quantitative estimate of drug-likeness (QED) is 0.385. The summed E-state index contributed by atoms with van der Waals surface area (Å²) in [7, 11) is 0. The predicted molar refractivity (Wildman–Crippen MR) is 123 cm³/mol. The first-order valence-electron chi connectivity index (χ1n) is 11.0. The van der Waals surface area contributed by atoms with E-state index in [0.717, 1.165) is 36.6 Å². The van der Waals surface area contributed by atoms with E-state index in [9.17, 15) is 18.4 Å². The molecule has 33 heavy (non-hydrogen) atoms. The Labute approximate surface area is 195 Å². The molecule has 5 N–H and O–H groups in total. The molecule has 0 radical (unpaired) electrons. The summed E-state index contributed by atoms with van der Waals surface area (Å²) in [5.74, 6) is -2.22. The number of hydrogen-bond donors (Lipinski definition) is 4. The SMILES string of the molecule is Cc1cc(F)c(COc2nsc(NC(=O)NCCCNC3CCCCC3)c2C(N)=O)cc1F. The van der Waals surface area contributed by atoms with Gasteiger partial charge >= 0.3 is 6.03 Å². The Bertz CT molecular complexity index is 979. The van der Waals surface area contributed by atoms with E-state index in [0.29, 0.717) is 12.6 Å². The van der Waals surface area contributed by atoms with Crippen molar-refractivity contribution in [2.75, 3.05) is 18.4 Å². The number of nitrogens with zero attached hydrogens (tertiary/aromatic N) is 1. The van der Waals surface area contributed by atoms with Crippen LogP contribution in [0.4, 0.5) is 18.6 Å². The normalized spacial score (nSPS) is 14.2. The lowest BCUT2D eigenvalue weighted by molar-refractivity contribution is 0.0996. The topological polar surface area (TPSA) is 118 Å². The number of primary amides is 1. The van der Waals surface area contributed by atoms with Crippen molar-refractivity contribution in [1.29, 1.82) is 0 Å². The summed E-state index contributed by atoms with van der Waals surface area (Å²) in [4.78, 5) is 24.1. The number of benzene rings is 1. The van der Waals surface area contributed by atoms with Crippen LogP contribution in [-0.2, 0) is 6.61 Å². The molecule has 3 rings (SSSR count). The van der Waals surface area contributed by atoms with Gasteiger partial charge in [0.1, 0.15) is 28.8 Å². The molecule has 1 aromatic carbocycles. The molecular formula is C22H29F2N5O3S. The molecule has 0 aliphatic heterocycles. The zero-order valence-electron chi connectivity index (χ0n) is 18.5. The number of aromatic nitrogens is 1. The maximum atomic E-state index is 14.0. The summed E-state index contributed by atoms with van der Waals surface area (Å²) >= 11 is 0.812. The Kier molecular flexibility index (Phi) is 8.95. The molecule has 0 saturated heterocycles. The number of aryl methyl sites for hydroxylation is 1. The third-order valence-corrected chi connectivity index (χ3v) is 6.25. The first-order chi connectivity index (χ1) is 15.8. The van der Waals surface area contributed by atoms with E-state index in [-0.39, 0.29) is 34.2 Å². The minimum absolute atomic E-state index is 0.0318. The molecule has 8 nitrogen and oxygen atoms in total. The lowest BCUT2D eigenvalue weighted by atomic mass is 9.95. The molecule has 0 bridgehead atoms. The van der Waals surface area contributed by atoms with Gasteiger partial charge in [-0.05, 0) is 62.0 Å². The molecule has 0 unspecified atom stereocenters. The van der Waals surface area contributed by atoms with Crippen molar-refractivity contribution in [3.8, 4) is 5.88 Å². The number of carbonyl (C=O) groups is 2.